The van der Waals surface area contributed by atoms with E-state index in [1.54, 1.807) is 6.92 Å². The number of nitrogens with zero attached hydrogens (tertiary/aromatic N) is 1. The van der Waals surface area contributed by atoms with Crippen LogP contribution in [0.15, 0.2) is 0 Å². The predicted molar refractivity (Wildman–Crippen MR) is 126 cm³/mol. The quantitative estimate of drug-likeness (QED) is 0.401. The number of carbonyl (C=O) groups is 3. The molecule has 2 saturated carbocycles. The summed E-state index contributed by atoms with van der Waals surface area (Å²) in [5.41, 5.74) is 0. The lowest BCUT2D eigenvalue weighted by molar-refractivity contribution is -0.156. The number of aliphatic carboxylic acids is 1. The second-order valence-electron chi connectivity index (χ2n) is 8.73. The zero-order valence-corrected chi connectivity index (χ0v) is 20.5. The highest BCUT2D eigenvalue weighted by atomic mass is 32.2. The Hall–Kier alpha value is -0.930. The molecule has 0 unspecified atom stereocenters. The van der Waals surface area contributed by atoms with Crippen LogP contribution in [0.1, 0.15) is 71.1 Å². The smallest absolute Gasteiger partial charge is 0.337 e. The molecule has 3 fully saturated rings. The van der Waals surface area contributed by atoms with Gasteiger partial charge in [0, 0.05) is 29.5 Å². The van der Waals surface area contributed by atoms with E-state index in [4.69, 9.17) is 5.11 Å². The standard InChI is InChI=1S/C12H23N.C10H15NO5S2/c1-3-7-11(8-4-1)13-12-9-5-2-6-10-12;1-5(3-17)7(12)11-6(10(15)16-2)4-18-8(11)9(13)14/h11-13H,1-10H2;5-6,8,17H,3-4H2,1-2H3,(H,13,14)/t;5-,6-,8+/m.1/s1. The fraction of sp³-hybridized carbons (Fsp3) is 0.864. The maximum atomic E-state index is 12.1. The van der Waals surface area contributed by atoms with Crippen molar-refractivity contribution in [1.29, 1.82) is 0 Å². The van der Waals surface area contributed by atoms with E-state index in [2.05, 4.69) is 22.7 Å². The first kappa shape index (κ1) is 26.3. The minimum atomic E-state index is -1.13. The molecule has 7 nitrogen and oxygen atoms in total. The number of amides is 1. The molecule has 31 heavy (non-hydrogen) atoms. The summed E-state index contributed by atoms with van der Waals surface area (Å²) in [6.45, 7) is 1.64. The van der Waals surface area contributed by atoms with Crippen LogP contribution in [0.3, 0.4) is 0 Å². The molecule has 3 atom stereocenters. The zero-order valence-electron chi connectivity index (χ0n) is 18.8. The highest BCUT2D eigenvalue weighted by Crippen LogP contribution is 2.31. The van der Waals surface area contributed by atoms with E-state index < -0.39 is 35.2 Å². The molecule has 9 heteroatoms. The van der Waals surface area contributed by atoms with Crippen molar-refractivity contribution in [2.45, 2.75) is 94.6 Å². The average molecular weight is 475 g/mol. The molecule has 0 aromatic heterocycles. The molecule has 1 saturated heterocycles. The van der Waals surface area contributed by atoms with Crippen LogP contribution in [0.5, 0.6) is 0 Å². The first-order chi connectivity index (χ1) is 14.9. The summed E-state index contributed by atoms with van der Waals surface area (Å²) in [4.78, 5) is 35.9. The van der Waals surface area contributed by atoms with Gasteiger partial charge >= 0.3 is 11.9 Å². The Morgan fingerprint density at radius 1 is 1.06 bits per heavy atom. The number of ether oxygens (including phenoxy) is 1. The lowest BCUT2D eigenvalue weighted by Crippen LogP contribution is -2.50. The normalized spacial score (nSPS) is 26.0. The molecule has 3 aliphatic rings. The first-order valence-corrected chi connectivity index (χ1v) is 13.2. The van der Waals surface area contributed by atoms with Crippen LogP contribution in [0, 0.1) is 5.92 Å². The van der Waals surface area contributed by atoms with Crippen LogP contribution in [0.2, 0.25) is 0 Å². The van der Waals surface area contributed by atoms with Crippen molar-refractivity contribution < 1.29 is 24.2 Å². The second kappa shape index (κ2) is 13.6. The van der Waals surface area contributed by atoms with Crippen molar-refractivity contribution in [2.24, 2.45) is 5.92 Å². The number of thiol groups is 1. The van der Waals surface area contributed by atoms with Gasteiger partial charge in [-0.05, 0) is 25.7 Å². The van der Waals surface area contributed by atoms with E-state index in [9.17, 15) is 14.4 Å². The molecule has 0 aromatic rings. The van der Waals surface area contributed by atoms with Crippen LogP contribution in [0.25, 0.3) is 0 Å². The molecular formula is C22H38N2O5S2. The number of thioether (sulfide) groups is 1. The average Bonchev–Trinajstić information content (AvgIpc) is 3.25. The number of carboxylic acids is 1. The lowest BCUT2D eigenvalue weighted by atomic mass is 9.91. The molecule has 1 heterocycles. The van der Waals surface area contributed by atoms with E-state index >= 15 is 0 Å². The van der Waals surface area contributed by atoms with E-state index in [1.165, 1.54) is 71.3 Å². The van der Waals surface area contributed by atoms with E-state index in [1.807, 2.05) is 0 Å². The summed E-state index contributed by atoms with van der Waals surface area (Å²) in [6.07, 6.45) is 14.6. The van der Waals surface area contributed by atoms with Gasteiger partial charge in [0.25, 0.3) is 0 Å². The number of hydrogen-bond acceptors (Lipinski definition) is 7. The third-order valence-electron chi connectivity index (χ3n) is 6.32. The molecule has 0 radical (unpaired) electrons. The minimum absolute atomic E-state index is 0.231. The van der Waals surface area contributed by atoms with Crippen molar-refractivity contribution in [3.05, 3.63) is 0 Å². The summed E-state index contributed by atoms with van der Waals surface area (Å²) >= 11 is 5.06. The van der Waals surface area contributed by atoms with Crippen LogP contribution in [-0.2, 0) is 19.1 Å². The van der Waals surface area contributed by atoms with Gasteiger partial charge in [-0.3, -0.25) is 4.79 Å². The van der Waals surface area contributed by atoms with Crippen LogP contribution < -0.4 is 5.32 Å². The van der Waals surface area contributed by atoms with Crippen LogP contribution in [0.4, 0.5) is 0 Å². The van der Waals surface area contributed by atoms with Gasteiger partial charge in [0.1, 0.15) is 6.04 Å². The summed E-state index contributed by atoms with van der Waals surface area (Å²) in [6, 6.07) is 0.907. The SMILES string of the molecule is C1CCC(NC2CCCCC2)CC1.COC(=O)[C@H]1CS[C@@H](C(=O)O)N1C(=O)[C@H](C)CS. The van der Waals surface area contributed by atoms with Gasteiger partial charge in [0.05, 0.1) is 7.11 Å². The first-order valence-electron chi connectivity index (χ1n) is 11.5. The van der Waals surface area contributed by atoms with Gasteiger partial charge in [0.2, 0.25) is 5.91 Å². The molecule has 1 aliphatic heterocycles. The summed E-state index contributed by atoms with van der Waals surface area (Å²) in [5, 5.41) is 11.9. The van der Waals surface area contributed by atoms with E-state index in [-0.39, 0.29) is 5.75 Å². The lowest BCUT2D eigenvalue weighted by Gasteiger charge is -2.30. The molecule has 0 spiro atoms. The van der Waals surface area contributed by atoms with Crippen molar-refractivity contribution in [3.63, 3.8) is 0 Å². The maximum Gasteiger partial charge on any atom is 0.337 e. The molecule has 0 aromatic carbocycles. The van der Waals surface area contributed by atoms with Crippen molar-refractivity contribution in [2.75, 3.05) is 18.6 Å². The molecule has 1 amide bonds. The highest BCUT2D eigenvalue weighted by molar-refractivity contribution is 8.00. The molecule has 2 aliphatic carbocycles. The Kier molecular flexibility index (Phi) is 11.5. The fourth-order valence-electron chi connectivity index (χ4n) is 4.49. The molecular weight excluding hydrogens is 436 g/mol. The summed E-state index contributed by atoms with van der Waals surface area (Å²) in [7, 11) is 1.21. The third kappa shape index (κ3) is 7.86. The molecule has 3 rings (SSSR count). The van der Waals surface area contributed by atoms with Crippen LogP contribution >= 0.6 is 24.4 Å². The van der Waals surface area contributed by atoms with Crippen molar-refractivity contribution >= 4 is 42.2 Å². The van der Waals surface area contributed by atoms with Crippen LogP contribution in [-0.4, -0.2) is 70.0 Å². The largest absolute Gasteiger partial charge is 0.479 e. The number of carboxylic acid groups (broad SMARTS) is 1. The number of rotatable bonds is 6. The Balaban J connectivity index is 0.000000231. The topological polar surface area (TPSA) is 95.9 Å². The van der Waals surface area contributed by atoms with E-state index in [0.717, 1.165) is 28.7 Å². The van der Waals surface area contributed by atoms with Gasteiger partial charge in [0.15, 0.2) is 5.37 Å². The Labute approximate surface area is 195 Å². The van der Waals surface area contributed by atoms with E-state index in [0.29, 0.717) is 5.75 Å². The Morgan fingerprint density at radius 3 is 2.00 bits per heavy atom. The zero-order chi connectivity index (χ0) is 22.8. The summed E-state index contributed by atoms with van der Waals surface area (Å²) in [5.74, 6) is -2.04. The maximum absolute atomic E-state index is 12.1. The second-order valence-corrected chi connectivity index (χ2v) is 10.2. The number of methoxy groups -OCH3 is 1. The number of hydrogen-bond donors (Lipinski definition) is 3. The Bertz CT molecular complexity index is 578. The molecule has 2 N–H and O–H groups in total. The van der Waals surface area contributed by atoms with Gasteiger partial charge < -0.3 is 20.1 Å². The monoisotopic (exact) mass is 474 g/mol. The van der Waals surface area contributed by atoms with Crippen molar-refractivity contribution in [3.8, 4) is 0 Å². The predicted octanol–water partition coefficient (Wildman–Crippen LogP) is 3.32. The number of esters is 1. The number of nitrogens with one attached hydrogen (secondary N) is 1. The molecule has 178 valence electrons. The van der Waals surface area contributed by atoms with Gasteiger partial charge in [-0.1, -0.05) is 45.4 Å². The fourth-order valence-corrected chi connectivity index (χ4v) is 5.86. The third-order valence-corrected chi connectivity index (χ3v) is 8.12. The van der Waals surface area contributed by atoms with Gasteiger partial charge in [-0.2, -0.15) is 12.6 Å². The van der Waals surface area contributed by atoms with Crippen molar-refractivity contribution in [1.82, 2.24) is 10.2 Å². The Morgan fingerprint density at radius 2 is 1.58 bits per heavy atom. The number of carbonyl (C=O) groups excluding carboxylic acids is 2. The minimum Gasteiger partial charge on any atom is -0.479 e. The summed E-state index contributed by atoms with van der Waals surface area (Å²) < 4.78 is 4.60. The highest BCUT2D eigenvalue weighted by Gasteiger charge is 2.46. The van der Waals surface area contributed by atoms with Gasteiger partial charge in [-0.25, -0.2) is 9.59 Å². The molecule has 0 bridgehead atoms. The van der Waals surface area contributed by atoms with Gasteiger partial charge in [-0.15, -0.1) is 11.8 Å².